The summed E-state index contributed by atoms with van der Waals surface area (Å²) in [4.78, 5) is 11.2. The van der Waals surface area contributed by atoms with E-state index in [-0.39, 0.29) is 15.9 Å². The van der Waals surface area contributed by atoms with Gasteiger partial charge in [0, 0.05) is 22.9 Å². The first kappa shape index (κ1) is 15.1. The molecule has 100 valence electrons. The smallest absolute Gasteiger partial charge is 0.319 e. The van der Waals surface area contributed by atoms with Gasteiger partial charge in [-0.3, -0.25) is 0 Å². The van der Waals surface area contributed by atoms with E-state index < -0.39 is 9.05 Å². The third-order valence-corrected chi connectivity index (χ3v) is 3.79. The maximum atomic E-state index is 11.4. The molecule has 0 aromatic heterocycles. The number of hydrogen-bond donors (Lipinski definition) is 2. The molecule has 0 aliphatic rings. The third kappa shape index (κ3) is 4.36. The number of rotatable bonds is 4. The molecule has 8 heteroatoms. The summed E-state index contributed by atoms with van der Waals surface area (Å²) in [6, 6.07) is 3.59. The molecule has 0 spiro atoms. The van der Waals surface area contributed by atoms with Crippen molar-refractivity contribution < 1.29 is 13.2 Å². The zero-order chi connectivity index (χ0) is 13.8. The van der Waals surface area contributed by atoms with Gasteiger partial charge in [0.05, 0.1) is 5.02 Å². The minimum absolute atomic E-state index is 0.0432. The summed E-state index contributed by atoms with van der Waals surface area (Å²) in [6.07, 6.45) is 0.817. The van der Waals surface area contributed by atoms with Gasteiger partial charge < -0.3 is 10.6 Å². The van der Waals surface area contributed by atoms with Crippen LogP contribution in [-0.2, 0) is 9.05 Å². The number of urea groups is 1. The molecule has 0 saturated heterocycles. The first-order valence-corrected chi connectivity index (χ1v) is 7.82. The second-order valence-corrected chi connectivity index (χ2v) is 6.41. The Morgan fingerprint density at radius 3 is 2.56 bits per heavy atom. The van der Waals surface area contributed by atoms with E-state index in [2.05, 4.69) is 10.6 Å². The van der Waals surface area contributed by atoms with Crippen LogP contribution < -0.4 is 10.6 Å². The van der Waals surface area contributed by atoms with E-state index >= 15 is 0 Å². The van der Waals surface area contributed by atoms with Crippen LogP contribution >= 0.6 is 22.3 Å². The molecule has 0 atom stereocenters. The van der Waals surface area contributed by atoms with Crippen LogP contribution in [0.15, 0.2) is 23.1 Å². The summed E-state index contributed by atoms with van der Waals surface area (Å²) >= 11 is 5.77. The Morgan fingerprint density at radius 2 is 2.06 bits per heavy atom. The number of halogens is 2. The van der Waals surface area contributed by atoms with Gasteiger partial charge >= 0.3 is 6.03 Å². The number of carbonyl (C=O) groups excluding carboxylic acids is 1. The van der Waals surface area contributed by atoms with Crippen molar-refractivity contribution in [2.45, 2.75) is 18.2 Å². The zero-order valence-corrected chi connectivity index (χ0v) is 11.9. The molecule has 18 heavy (non-hydrogen) atoms. The van der Waals surface area contributed by atoms with E-state index in [1.807, 2.05) is 6.92 Å². The number of nitrogens with one attached hydrogen (secondary N) is 2. The minimum atomic E-state index is -3.88. The molecule has 0 heterocycles. The number of amides is 2. The highest BCUT2D eigenvalue weighted by Crippen LogP contribution is 2.27. The minimum Gasteiger partial charge on any atom is -0.338 e. The molecule has 1 rings (SSSR count). The fourth-order valence-corrected chi connectivity index (χ4v) is 2.72. The molecular weight excluding hydrogens is 299 g/mol. The van der Waals surface area contributed by atoms with Crippen molar-refractivity contribution in [2.24, 2.45) is 0 Å². The first-order valence-electron chi connectivity index (χ1n) is 5.13. The topological polar surface area (TPSA) is 75.3 Å². The normalized spacial score (nSPS) is 11.1. The second kappa shape index (κ2) is 6.26. The van der Waals surface area contributed by atoms with E-state index in [1.54, 1.807) is 0 Å². The second-order valence-electron chi connectivity index (χ2n) is 3.46. The number of benzene rings is 1. The Labute approximate surface area is 115 Å². The Hall–Kier alpha value is -0.980. The monoisotopic (exact) mass is 310 g/mol. The van der Waals surface area contributed by atoms with E-state index in [1.165, 1.54) is 18.2 Å². The number of hydrogen-bond acceptors (Lipinski definition) is 3. The molecule has 0 radical (unpaired) electrons. The summed E-state index contributed by atoms with van der Waals surface area (Å²) in [7, 11) is 1.30. The van der Waals surface area contributed by atoms with E-state index in [0.29, 0.717) is 12.2 Å². The highest BCUT2D eigenvalue weighted by atomic mass is 35.7. The van der Waals surface area contributed by atoms with Crippen LogP contribution in [0.5, 0.6) is 0 Å². The molecule has 0 bridgehead atoms. The summed E-state index contributed by atoms with van der Waals surface area (Å²) in [5, 5.41) is 5.09. The molecular formula is C10H12Cl2N2O3S. The predicted octanol–water partition coefficient (Wildman–Crippen LogP) is 2.80. The summed E-state index contributed by atoms with van der Waals surface area (Å²) in [5.74, 6) is 0. The molecule has 0 unspecified atom stereocenters. The summed E-state index contributed by atoms with van der Waals surface area (Å²) < 4.78 is 22.2. The first-order chi connectivity index (χ1) is 8.34. The maximum Gasteiger partial charge on any atom is 0.319 e. The lowest BCUT2D eigenvalue weighted by Gasteiger charge is -2.08. The fourth-order valence-electron chi connectivity index (χ4n) is 1.19. The predicted molar refractivity (Wildman–Crippen MR) is 71.8 cm³/mol. The number of anilines is 1. The van der Waals surface area contributed by atoms with Crippen LogP contribution in [-0.4, -0.2) is 21.0 Å². The van der Waals surface area contributed by atoms with Crippen molar-refractivity contribution in [1.29, 1.82) is 0 Å². The fraction of sp³-hybridized carbons (Fsp3) is 0.300. The van der Waals surface area contributed by atoms with Gasteiger partial charge in [0.15, 0.2) is 0 Å². The zero-order valence-electron chi connectivity index (χ0n) is 9.54. The molecule has 1 aromatic rings. The standard InChI is InChI=1S/C10H12Cl2N2O3S/c1-2-5-13-10(15)14-7-3-4-9(8(11)6-7)18(12,16)17/h3-4,6H,2,5H2,1H3,(H2,13,14,15). The SMILES string of the molecule is CCCNC(=O)Nc1ccc(S(=O)(=O)Cl)c(Cl)c1. The molecule has 5 nitrogen and oxygen atoms in total. The van der Waals surface area contributed by atoms with E-state index in [0.717, 1.165) is 6.42 Å². The van der Waals surface area contributed by atoms with Crippen LogP contribution in [0.1, 0.15) is 13.3 Å². The summed E-state index contributed by atoms with van der Waals surface area (Å²) in [5.41, 5.74) is 0.387. The van der Waals surface area contributed by atoms with Crippen LogP contribution in [0.3, 0.4) is 0 Å². The van der Waals surface area contributed by atoms with Crippen LogP contribution in [0.4, 0.5) is 10.5 Å². The van der Waals surface area contributed by atoms with E-state index in [4.69, 9.17) is 22.3 Å². The molecule has 0 fully saturated rings. The van der Waals surface area contributed by atoms with Crippen LogP contribution in [0.2, 0.25) is 5.02 Å². The van der Waals surface area contributed by atoms with Gasteiger partial charge in [0.2, 0.25) is 0 Å². The van der Waals surface area contributed by atoms with Gasteiger partial charge in [0.25, 0.3) is 9.05 Å². The van der Waals surface area contributed by atoms with Crippen molar-refractivity contribution in [3.63, 3.8) is 0 Å². The largest absolute Gasteiger partial charge is 0.338 e. The van der Waals surface area contributed by atoms with Crippen molar-refractivity contribution in [3.05, 3.63) is 23.2 Å². The van der Waals surface area contributed by atoms with E-state index in [9.17, 15) is 13.2 Å². The van der Waals surface area contributed by atoms with Gasteiger partial charge in [-0.1, -0.05) is 18.5 Å². The van der Waals surface area contributed by atoms with Crippen LogP contribution in [0, 0.1) is 0 Å². The van der Waals surface area contributed by atoms with Gasteiger partial charge in [-0.05, 0) is 24.6 Å². The maximum absolute atomic E-state index is 11.4. The number of carbonyl (C=O) groups is 1. The molecule has 0 saturated carbocycles. The lowest BCUT2D eigenvalue weighted by molar-refractivity contribution is 0.252. The summed E-state index contributed by atoms with van der Waals surface area (Å²) in [6.45, 7) is 2.48. The lowest BCUT2D eigenvalue weighted by atomic mass is 10.3. The quantitative estimate of drug-likeness (QED) is 0.840. The van der Waals surface area contributed by atoms with Gasteiger partial charge in [0.1, 0.15) is 4.90 Å². The highest BCUT2D eigenvalue weighted by molar-refractivity contribution is 8.13. The Balaban J connectivity index is 2.82. The van der Waals surface area contributed by atoms with Gasteiger partial charge in [-0.2, -0.15) is 0 Å². The Morgan fingerprint density at radius 1 is 1.39 bits per heavy atom. The average molecular weight is 311 g/mol. The van der Waals surface area contributed by atoms with Crippen molar-refractivity contribution >= 4 is 43.1 Å². The van der Waals surface area contributed by atoms with Crippen molar-refractivity contribution in [2.75, 3.05) is 11.9 Å². The van der Waals surface area contributed by atoms with Gasteiger partial charge in [-0.25, -0.2) is 13.2 Å². The lowest BCUT2D eigenvalue weighted by Crippen LogP contribution is -2.29. The van der Waals surface area contributed by atoms with Crippen molar-refractivity contribution in [1.82, 2.24) is 5.32 Å². The molecule has 2 amide bonds. The third-order valence-electron chi connectivity index (χ3n) is 1.99. The molecule has 0 aliphatic heterocycles. The Bertz CT molecular complexity index is 546. The molecule has 2 N–H and O–H groups in total. The highest BCUT2D eigenvalue weighted by Gasteiger charge is 2.15. The average Bonchev–Trinajstić information content (AvgIpc) is 2.24. The Kier molecular flexibility index (Phi) is 5.25. The molecule has 1 aromatic carbocycles. The van der Waals surface area contributed by atoms with Crippen LogP contribution in [0.25, 0.3) is 0 Å². The van der Waals surface area contributed by atoms with Gasteiger partial charge in [-0.15, -0.1) is 0 Å². The molecule has 0 aliphatic carbocycles. The van der Waals surface area contributed by atoms with Crippen molar-refractivity contribution in [3.8, 4) is 0 Å².